The van der Waals surface area contributed by atoms with E-state index < -0.39 is 0 Å². The van der Waals surface area contributed by atoms with Gasteiger partial charge in [-0.2, -0.15) is 0 Å². The Hall–Kier alpha value is -2.33. The fourth-order valence-corrected chi connectivity index (χ4v) is 2.98. The van der Waals surface area contributed by atoms with Crippen molar-refractivity contribution in [1.82, 2.24) is 14.9 Å². The molecule has 25 heavy (non-hydrogen) atoms. The van der Waals surface area contributed by atoms with Crippen molar-refractivity contribution in [2.75, 3.05) is 13.2 Å². The van der Waals surface area contributed by atoms with Gasteiger partial charge in [-0.05, 0) is 36.2 Å². The zero-order valence-corrected chi connectivity index (χ0v) is 14.9. The molecule has 1 N–H and O–H groups in total. The summed E-state index contributed by atoms with van der Waals surface area (Å²) in [4.78, 5) is 4.08. The number of hydrogen-bond acceptors (Lipinski definition) is 3. The fourth-order valence-electron chi connectivity index (χ4n) is 2.98. The molecule has 0 atom stereocenters. The number of fused-ring (bicyclic) bond motifs is 1. The molecule has 0 spiro atoms. The summed E-state index contributed by atoms with van der Waals surface area (Å²) in [5.74, 6) is 1.01. The highest BCUT2D eigenvalue weighted by atomic mass is 16.5. The van der Waals surface area contributed by atoms with Gasteiger partial charge in [-0.1, -0.05) is 43.7 Å². The first kappa shape index (κ1) is 17.5. The first-order valence-electron chi connectivity index (χ1n) is 9.18. The molecule has 0 radical (unpaired) electrons. The lowest BCUT2D eigenvalue weighted by Crippen LogP contribution is -2.17. The predicted octanol–water partition coefficient (Wildman–Crippen LogP) is 4.40. The van der Waals surface area contributed by atoms with Gasteiger partial charge >= 0.3 is 0 Å². The second kappa shape index (κ2) is 9.23. The van der Waals surface area contributed by atoms with Crippen LogP contribution in [0.25, 0.3) is 10.8 Å². The molecule has 3 rings (SSSR count). The Morgan fingerprint density at radius 2 is 2.04 bits per heavy atom. The number of nitrogens with zero attached hydrogens (tertiary/aromatic N) is 2. The lowest BCUT2D eigenvalue weighted by molar-refractivity contribution is 0.306. The Bertz CT molecular complexity index is 768. The molecule has 0 aliphatic rings. The molecule has 0 saturated heterocycles. The monoisotopic (exact) mass is 337 g/mol. The highest BCUT2D eigenvalue weighted by Crippen LogP contribution is 2.28. The summed E-state index contributed by atoms with van der Waals surface area (Å²) in [5.41, 5.74) is 1.26. The van der Waals surface area contributed by atoms with Gasteiger partial charge in [0.15, 0.2) is 0 Å². The maximum atomic E-state index is 6.05. The van der Waals surface area contributed by atoms with Crippen LogP contribution in [-0.2, 0) is 13.1 Å². The molecular formula is C21H27N3O. The summed E-state index contributed by atoms with van der Waals surface area (Å²) < 4.78 is 8.16. The number of nitrogens with one attached hydrogen (secondary N) is 1. The summed E-state index contributed by atoms with van der Waals surface area (Å²) in [6, 6.07) is 12.8. The van der Waals surface area contributed by atoms with Gasteiger partial charge in [-0.3, -0.25) is 0 Å². The smallest absolute Gasteiger partial charge is 0.124 e. The Morgan fingerprint density at radius 1 is 1.12 bits per heavy atom. The number of imidazole rings is 1. The van der Waals surface area contributed by atoms with Crippen molar-refractivity contribution in [3.63, 3.8) is 0 Å². The van der Waals surface area contributed by atoms with Crippen molar-refractivity contribution in [2.24, 2.45) is 0 Å². The number of aryl methyl sites for hydroxylation is 1. The van der Waals surface area contributed by atoms with Crippen molar-refractivity contribution < 1.29 is 4.74 Å². The van der Waals surface area contributed by atoms with Crippen molar-refractivity contribution in [3.05, 3.63) is 60.7 Å². The Balaban J connectivity index is 1.63. The average Bonchev–Trinajstić information content (AvgIpc) is 3.16. The van der Waals surface area contributed by atoms with E-state index in [4.69, 9.17) is 4.74 Å². The van der Waals surface area contributed by atoms with Crippen molar-refractivity contribution in [3.8, 4) is 5.75 Å². The fraction of sp³-hybridized carbons (Fsp3) is 0.381. The number of rotatable bonds is 10. The molecule has 4 nitrogen and oxygen atoms in total. The van der Waals surface area contributed by atoms with Crippen LogP contribution in [0.5, 0.6) is 5.75 Å². The molecule has 4 heteroatoms. The minimum Gasteiger partial charge on any atom is -0.493 e. The maximum Gasteiger partial charge on any atom is 0.124 e. The molecule has 1 heterocycles. The first-order chi connectivity index (χ1) is 12.4. The minimum atomic E-state index is 0.780. The third kappa shape index (κ3) is 4.83. The highest BCUT2D eigenvalue weighted by molar-refractivity contribution is 5.87. The zero-order chi connectivity index (χ0) is 17.3. The van der Waals surface area contributed by atoms with E-state index >= 15 is 0 Å². The first-order valence-corrected chi connectivity index (χ1v) is 9.18. The largest absolute Gasteiger partial charge is 0.493 e. The van der Waals surface area contributed by atoms with Gasteiger partial charge in [0.1, 0.15) is 5.75 Å². The quantitative estimate of drug-likeness (QED) is 0.558. The number of unbranched alkanes of at least 4 members (excludes halogenated alkanes) is 1. The van der Waals surface area contributed by atoms with Crippen molar-refractivity contribution in [2.45, 2.75) is 39.3 Å². The van der Waals surface area contributed by atoms with Crippen molar-refractivity contribution in [1.29, 1.82) is 0 Å². The molecule has 0 aliphatic heterocycles. The minimum absolute atomic E-state index is 0.780. The van der Waals surface area contributed by atoms with E-state index in [0.29, 0.717) is 0 Å². The molecule has 2 aromatic carbocycles. The number of benzene rings is 2. The van der Waals surface area contributed by atoms with Crippen LogP contribution in [0.2, 0.25) is 0 Å². The van der Waals surface area contributed by atoms with Crippen LogP contribution < -0.4 is 10.1 Å². The predicted molar refractivity (Wildman–Crippen MR) is 103 cm³/mol. The average molecular weight is 337 g/mol. The van der Waals surface area contributed by atoms with E-state index in [1.165, 1.54) is 16.3 Å². The SMILES string of the molecule is CCCCOc1ccc2ccccc2c1CNCCCn1ccnc1. The highest BCUT2D eigenvalue weighted by Gasteiger charge is 2.08. The van der Waals surface area contributed by atoms with Crippen LogP contribution in [0.15, 0.2) is 55.1 Å². The van der Waals surface area contributed by atoms with E-state index in [1.54, 1.807) is 0 Å². The molecule has 3 aromatic rings. The van der Waals surface area contributed by atoms with Gasteiger partial charge in [-0.15, -0.1) is 0 Å². The third-order valence-electron chi connectivity index (χ3n) is 4.38. The molecule has 0 aliphatic carbocycles. The van der Waals surface area contributed by atoms with Crippen LogP contribution in [0.1, 0.15) is 31.7 Å². The van der Waals surface area contributed by atoms with E-state index in [2.05, 4.69) is 58.2 Å². The molecule has 0 unspecified atom stereocenters. The number of ether oxygens (including phenoxy) is 1. The van der Waals surface area contributed by atoms with Crippen LogP contribution in [0.3, 0.4) is 0 Å². The number of aromatic nitrogens is 2. The van der Waals surface area contributed by atoms with E-state index in [-0.39, 0.29) is 0 Å². The van der Waals surface area contributed by atoms with Gasteiger partial charge in [0, 0.05) is 31.0 Å². The Morgan fingerprint density at radius 3 is 2.88 bits per heavy atom. The van der Waals surface area contributed by atoms with Gasteiger partial charge in [-0.25, -0.2) is 4.98 Å². The molecule has 0 amide bonds. The van der Waals surface area contributed by atoms with Crippen LogP contribution in [0, 0.1) is 0 Å². The molecular weight excluding hydrogens is 310 g/mol. The maximum absolute atomic E-state index is 6.05. The van der Waals surface area contributed by atoms with E-state index in [0.717, 1.165) is 51.3 Å². The van der Waals surface area contributed by atoms with Crippen LogP contribution in [-0.4, -0.2) is 22.7 Å². The van der Waals surface area contributed by atoms with Crippen molar-refractivity contribution >= 4 is 10.8 Å². The lowest BCUT2D eigenvalue weighted by atomic mass is 10.0. The molecule has 0 bridgehead atoms. The summed E-state index contributed by atoms with van der Waals surface area (Å²) >= 11 is 0. The van der Waals surface area contributed by atoms with Crippen LogP contribution >= 0.6 is 0 Å². The van der Waals surface area contributed by atoms with Crippen LogP contribution in [0.4, 0.5) is 0 Å². The molecule has 1 aromatic heterocycles. The summed E-state index contributed by atoms with van der Waals surface area (Å²) in [6.07, 6.45) is 9.01. The van der Waals surface area contributed by atoms with Gasteiger partial charge in [0.25, 0.3) is 0 Å². The molecule has 0 saturated carbocycles. The molecule has 132 valence electrons. The Labute approximate surface area is 149 Å². The summed E-state index contributed by atoms with van der Waals surface area (Å²) in [5, 5.41) is 6.11. The molecule has 0 fully saturated rings. The standard InChI is InChI=1S/C21H27N3O/c1-2-3-15-25-21-10-9-18-7-4-5-8-19(18)20(21)16-22-11-6-13-24-14-12-23-17-24/h4-5,7-10,12,14,17,22H,2-3,6,11,13,15-16H2,1H3. The zero-order valence-electron chi connectivity index (χ0n) is 14.9. The second-order valence-corrected chi connectivity index (χ2v) is 6.30. The number of hydrogen-bond donors (Lipinski definition) is 1. The Kier molecular flexibility index (Phi) is 6.46. The summed E-state index contributed by atoms with van der Waals surface area (Å²) in [6.45, 7) is 5.75. The van der Waals surface area contributed by atoms with Gasteiger partial charge in [0.2, 0.25) is 0 Å². The normalized spacial score (nSPS) is 11.1. The van der Waals surface area contributed by atoms with Gasteiger partial charge < -0.3 is 14.6 Å². The van der Waals surface area contributed by atoms with Gasteiger partial charge in [0.05, 0.1) is 12.9 Å². The second-order valence-electron chi connectivity index (χ2n) is 6.30. The topological polar surface area (TPSA) is 39.1 Å². The summed E-state index contributed by atoms with van der Waals surface area (Å²) in [7, 11) is 0. The third-order valence-corrected chi connectivity index (χ3v) is 4.38. The van der Waals surface area contributed by atoms with E-state index in [9.17, 15) is 0 Å². The van der Waals surface area contributed by atoms with E-state index in [1.807, 2.05) is 18.7 Å². The lowest BCUT2D eigenvalue weighted by Gasteiger charge is -2.15.